The number of fused-ring (bicyclic) bond motifs is 6. The third kappa shape index (κ3) is 4.57. The van der Waals surface area contributed by atoms with E-state index in [-0.39, 0.29) is 0 Å². The number of para-hydroxylation sites is 2. The van der Waals surface area contributed by atoms with Gasteiger partial charge in [0.15, 0.2) is 0 Å². The van der Waals surface area contributed by atoms with Gasteiger partial charge >= 0.3 is 0 Å². The van der Waals surface area contributed by atoms with Crippen LogP contribution in [-0.4, -0.2) is 0 Å². The molecule has 0 unspecified atom stereocenters. The van der Waals surface area contributed by atoms with Crippen LogP contribution in [0.2, 0.25) is 0 Å². The van der Waals surface area contributed by atoms with E-state index in [1.807, 2.05) is 6.07 Å². The van der Waals surface area contributed by atoms with E-state index < -0.39 is 0 Å². The molecule has 0 saturated heterocycles. The normalized spacial score (nSPS) is 11.6. The summed E-state index contributed by atoms with van der Waals surface area (Å²) in [5.41, 5.74) is 9.77. The zero-order valence-corrected chi connectivity index (χ0v) is 27.3. The number of hydrogen-bond donors (Lipinski definition) is 0. The van der Waals surface area contributed by atoms with Crippen molar-refractivity contribution in [3.8, 4) is 22.3 Å². The van der Waals surface area contributed by atoms with E-state index in [4.69, 9.17) is 4.42 Å². The minimum Gasteiger partial charge on any atom is -0.455 e. The fourth-order valence-corrected chi connectivity index (χ4v) is 7.70. The van der Waals surface area contributed by atoms with Crippen LogP contribution in [0.15, 0.2) is 192 Å². The van der Waals surface area contributed by atoms with Crippen molar-refractivity contribution in [1.82, 2.24) is 0 Å². The Morgan fingerprint density at radius 3 is 1.70 bits per heavy atom. The van der Waals surface area contributed by atoms with Crippen LogP contribution >= 0.6 is 0 Å². The minimum absolute atomic E-state index is 0.902. The van der Waals surface area contributed by atoms with Crippen molar-refractivity contribution in [2.24, 2.45) is 0 Å². The summed E-state index contributed by atoms with van der Waals surface area (Å²) in [6.45, 7) is 0. The molecular formula is C48H31NO. The van der Waals surface area contributed by atoms with Gasteiger partial charge in [-0.3, -0.25) is 0 Å². The maximum Gasteiger partial charge on any atom is 0.143 e. The lowest BCUT2D eigenvalue weighted by atomic mass is 9.95. The molecule has 0 aliphatic heterocycles. The van der Waals surface area contributed by atoms with E-state index in [1.165, 1.54) is 43.4 Å². The van der Waals surface area contributed by atoms with E-state index >= 15 is 0 Å². The van der Waals surface area contributed by atoms with Crippen LogP contribution in [-0.2, 0) is 0 Å². The van der Waals surface area contributed by atoms with Crippen LogP contribution in [0.4, 0.5) is 17.1 Å². The molecule has 0 bridgehead atoms. The van der Waals surface area contributed by atoms with Crippen molar-refractivity contribution in [3.63, 3.8) is 0 Å². The van der Waals surface area contributed by atoms with Gasteiger partial charge in [0.05, 0.1) is 5.69 Å². The average molecular weight is 638 g/mol. The molecule has 0 saturated carbocycles. The summed E-state index contributed by atoms with van der Waals surface area (Å²) in [5.74, 6) is 0. The van der Waals surface area contributed by atoms with Gasteiger partial charge < -0.3 is 9.32 Å². The Morgan fingerprint density at radius 1 is 0.340 bits per heavy atom. The molecule has 1 aromatic heterocycles. The number of anilines is 3. The molecule has 10 aromatic rings. The van der Waals surface area contributed by atoms with E-state index in [9.17, 15) is 0 Å². The highest BCUT2D eigenvalue weighted by molar-refractivity contribution is 6.13. The smallest absolute Gasteiger partial charge is 0.143 e. The molecule has 0 aliphatic rings. The Hall–Kier alpha value is -6.64. The van der Waals surface area contributed by atoms with E-state index in [1.54, 1.807) is 0 Å². The molecule has 0 radical (unpaired) electrons. The Morgan fingerprint density at radius 2 is 0.900 bits per heavy atom. The lowest BCUT2D eigenvalue weighted by Crippen LogP contribution is -2.11. The summed E-state index contributed by atoms with van der Waals surface area (Å²) in [7, 11) is 0. The van der Waals surface area contributed by atoms with Gasteiger partial charge in [0, 0.05) is 33.1 Å². The van der Waals surface area contributed by atoms with Crippen molar-refractivity contribution in [2.75, 3.05) is 4.90 Å². The SMILES string of the molecule is c1ccc2c(-c3ccc(N(c4cc(-c5cccc6c5oc5ccccc56)c5ccccc5c4)c4cccc5ccccc45)cc3)cccc2c1. The summed E-state index contributed by atoms with van der Waals surface area (Å²) in [4.78, 5) is 2.41. The first kappa shape index (κ1) is 28.4. The van der Waals surface area contributed by atoms with Crippen LogP contribution in [0.25, 0.3) is 76.5 Å². The maximum atomic E-state index is 6.59. The number of furan rings is 1. The number of nitrogens with zero attached hydrogens (tertiary/aromatic N) is 1. The second-order valence-corrected chi connectivity index (χ2v) is 12.9. The lowest BCUT2D eigenvalue weighted by molar-refractivity contribution is 0.670. The van der Waals surface area contributed by atoms with Gasteiger partial charge in [-0.25, -0.2) is 0 Å². The lowest BCUT2D eigenvalue weighted by Gasteiger charge is -2.28. The fraction of sp³-hybridized carbons (Fsp3) is 0. The van der Waals surface area contributed by atoms with Gasteiger partial charge in [0.1, 0.15) is 11.2 Å². The van der Waals surface area contributed by atoms with Crippen LogP contribution in [0.1, 0.15) is 0 Å². The van der Waals surface area contributed by atoms with Crippen LogP contribution < -0.4 is 4.90 Å². The molecule has 2 nitrogen and oxygen atoms in total. The highest BCUT2D eigenvalue weighted by Crippen LogP contribution is 2.45. The van der Waals surface area contributed by atoms with E-state index in [0.29, 0.717) is 0 Å². The summed E-state index contributed by atoms with van der Waals surface area (Å²) >= 11 is 0. The molecule has 9 aromatic carbocycles. The zero-order valence-electron chi connectivity index (χ0n) is 27.3. The van der Waals surface area contributed by atoms with Gasteiger partial charge in [-0.05, 0) is 80.0 Å². The van der Waals surface area contributed by atoms with Crippen molar-refractivity contribution in [1.29, 1.82) is 0 Å². The molecule has 234 valence electrons. The average Bonchev–Trinajstić information content (AvgIpc) is 3.57. The van der Waals surface area contributed by atoms with E-state index in [2.05, 4.69) is 187 Å². The van der Waals surface area contributed by atoms with Gasteiger partial charge in [0.2, 0.25) is 0 Å². The van der Waals surface area contributed by atoms with Crippen LogP contribution in [0.5, 0.6) is 0 Å². The predicted octanol–water partition coefficient (Wildman–Crippen LogP) is 13.8. The minimum atomic E-state index is 0.902. The first-order valence-electron chi connectivity index (χ1n) is 17.1. The molecular weight excluding hydrogens is 607 g/mol. The quantitative estimate of drug-likeness (QED) is 0.187. The molecule has 10 rings (SSSR count). The second kappa shape index (κ2) is 11.5. The van der Waals surface area contributed by atoms with Gasteiger partial charge in [-0.1, -0.05) is 152 Å². The van der Waals surface area contributed by atoms with Crippen molar-refractivity contribution in [3.05, 3.63) is 188 Å². The molecule has 0 fully saturated rings. The fourth-order valence-electron chi connectivity index (χ4n) is 7.70. The molecule has 50 heavy (non-hydrogen) atoms. The molecule has 0 atom stereocenters. The van der Waals surface area contributed by atoms with Gasteiger partial charge in [0.25, 0.3) is 0 Å². The van der Waals surface area contributed by atoms with Crippen molar-refractivity contribution < 1.29 is 4.42 Å². The zero-order chi connectivity index (χ0) is 33.0. The standard InChI is InChI=1S/C48H31NO/c1-4-17-38-32(12-1)15-9-21-39(38)34-26-28-36(29-27-34)49(46-24-10-16-33-13-2-6-19-41(33)46)37-30-35-14-3-5-18-40(35)45(31-37)44-23-11-22-43-42-20-7-8-25-47(42)50-48(43)44/h1-31H. The van der Waals surface area contributed by atoms with Crippen molar-refractivity contribution >= 4 is 71.3 Å². The topological polar surface area (TPSA) is 16.4 Å². The number of rotatable bonds is 5. The van der Waals surface area contributed by atoms with Gasteiger partial charge in [-0.15, -0.1) is 0 Å². The molecule has 0 N–H and O–H groups in total. The summed E-state index contributed by atoms with van der Waals surface area (Å²) < 4.78 is 6.59. The summed E-state index contributed by atoms with van der Waals surface area (Å²) in [5, 5.41) is 9.52. The Bertz CT molecular complexity index is 2870. The Labute approximate surface area is 290 Å². The third-order valence-electron chi connectivity index (χ3n) is 10.0. The maximum absolute atomic E-state index is 6.59. The molecule has 0 spiro atoms. The van der Waals surface area contributed by atoms with Crippen LogP contribution in [0, 0.1) is 0 Å². The highest BCUT2D eigenvalue weighted by atomic mass is 16.3. The van der Waals surface area contributed by atoms with Crippen LogP contribution in [0.3, 0.4) is 0 Å². The molecule has 1 heterocycles. The number of hydrogen-bond acceptors (Lipinski definition) is 2. The Balaban J connectivity index is 1.21. The Kier molecular flexibility index (Phi) is 6.53. The van der Waals surface area contributed by atoms with Gasteiger partial charge in [-0.2, -0.15) is 0 Å². The van der Waals surface area contributed by atoms with Crippen molar-refractivity contribution in [2.45, 2.75) is 0 Å². The molecule has 0 amide bonds. The third-order valence-corrected chi connectivity index (χ3v) is 10.0. The predicted molar refractivity (Wildman–Crippen MR) is 212 cm³/mol. The highest BCUT2D eigenvalue weighted by Gasteiger charge is 2.20. The molecule has 0 aliphatic carbocycles. The second-order valence-electron chi connectivity index (χ2n) is 12.9. The summed E-state index contributed by atoms with van der Waals surface area (Å²) in [6, 6.07) is 67.5. The first-order chi connectivity index (χ1) is 24.8. The summed E-state index contributed by atoms with van der Waals surface area (Å²) in [6.07, 6.45) is 0. The number of benzene rings is 9. The molecule has 2 heteroatoms. The van der Waals surface area contributed by atoms with E-state index in [0.717, 1.165) is 50.1 Å². The largest absolute Gasteiger partial charge is 0.455 e. The first-order valence-corrected chi connectivity index (χ1v) is 17.1. The monoisotopic (exact) mass is 637 g/mol.